The Morgan fingerprint density at radius 3 is 2.40 bits per heavy atom. The third-order valence-electron chi connectivity index (χ3n) is 5.20. The lowest BCUT2D eigenvalue weighted by Crippen LogP contribution is -2.55. The van der Waals surface area contributed by atoms with Crippen LogP contribution in [0.15, 0.2) is 41.4 Å². The average molecular weight is 434 g/mol. The second kappa shape index (κ2) is 7.65. The van der Waals surface area contributed by atoms with Gasteiger partial charge in [0, 0.05) is 39.4 Å². The van der Waals surface area contributed by atoms with Crippen molar-refractivity contribution >= 4 is 21.8 Å². The monoisotopic (exact) mass is 434 g/mol. The Morgan fingerprint density at radius 2 is 1.77 bits per heavy atom. The van der Waals surface area contributed by atoms with Gasteiger partial charge in [-0.1, -0.05) is 12.1 Å². The van der Waals surface area contributed by atoms with Crippen molar-refractivity contribution in [2.75, 3.05) is 32.8 Å². The zero-order chi connectivity index (χ0) is 21.5. The summed E-state index contributed by atoms with van der Waals surface area (Å²) in [6.45, 7) is 0.844. The first-order valence-corrected chi connectivity index (χ1v) is 10.8. The molecule has 160 valence electrons. The fourth-order valence-corrected chi connectivity index (χ4v) is 5.06. The van der Waals surface area contributed by atoms with Gasteiger partial charge in [-0.3, -0.25) is 9.59 Å². The molecule has 11 heteroatoms. The summed E-state index contributed by atoms with van der Waals surface area (Å²) in [6.07, 6.45) is 0.590. The van der Waals surface area contributed by atoms with Crippen LogP contribution in [0, 0.1) is 0 Å². The molecule has 1 aromatic heterocycles. The molecule has 1 saturated heterocycles. The number of primary amides is 1. The van der Waals surface area contributed by atoms with Gasteiger partial charge in [-0.2, -0.15) is 4.31 Å². The number of aromatic nitrogens is 1. The summed E-state index contributed by atoms with van der Waals surface area (Å²) in [5.41, 5.74) is 5.38. The second-order valence-electron chi connectivity index (χ2n) is 7.13. The van der Waals surface area contributed by atoms with Crippen molar-refractivity contribution in [3.05, 3.63) is 42.2 Å². The number of fused-ring (bicyclic) bond motifs is 1. The van der Waals surface area contributed by atoms with E-state index < -0.39 is 22.0 Å². The van der Waals surface area contributed by atoms with Crippen molar-refractivity contribution in [2.45, 2.75) is 11.0 Å². The molecule has 0 radical (unpaired) electrons. The zero-order valence-electron chi connectivity index (χ0n) is 16.4. The van der Waals surface area contributed by atoms with Gasteiger partial charge >= 0.3 is 0 Å². The lowest BCUT2D eigenvalue weighted by atomic mass is 10.2. The minimum absolute atomic E-state index is 0.000743. The van der Waals surface area contributed by atoms with Gasteiger partial charge in [-0.15, -0.1) is 0 Å². The van der Waals surface area contributed by atoms with Crippen LogP contribution in [0.3, 0.4) is 0 Å². The van der Waals surface area contributed by atoms with Crippen molar-refractivity contribution < 1.29 is 27.5 Å². The standard InChI is InChI=1S/C19H22N4O6S/c1-21-11-13(10-14(21)18(20)24)30(26,27)23-8-6-22(7-9-23)19(25)17-12-28-15-4-2-3-5-16(15)29-17/h2-5,10-11,17H,6-9,12H2,1H3,(H2,20,24). The molecule has 2 amide bonds. The van der Waals surface area contributed by atoms with Crippen molar-refractivity contribution in [3.63, 3.8) is 0 Å². The highest BCUT2D eigenvalue weighted by molar-refractivity contribution is 7.89. The first-order valence-electron chi connectivity index (χ1n) is 9.41. The van der Waals surface area contributed by atoms with Crippen LogP contribution in [0.25, 0.3) is 0 Å². The molecule has 1 atom stereocenters. The van der Waals surface area contributed by atoms with Crippen LogP contribution in [-0.4, -0.2) is 72.9 Å². The molecule has 1 aromatic carbocycles. The molecular weight excluding hydrogens is 412 g/mol. The predicted octanol–water partition coefficient (Wildman–Crippen LogP) is -0.203. The van der Waals surface area contributed by atoms with Gasteiger partial charge in [0.1, 0.15) is 17.2 Å². The first-order chi connectivity index (χ1) is 14.3. The van der Waals surface area contributed by atoms with Crippen LogP contribution in [0.4, 0.5) is 0 Å². The number of piperazine rings is 1. The summed E-state index contributed by atoms with van der Waals surface area (Å²) in [7, 11) is -2.24. The molecule has 1 unspecified atom stereocenters. The SMILES string of the molecule is Cn1cc(S(=O)(=O)N2CCN(C(=O)C3COc4ccccc4O3)CC2)cc1C(N)=O. The van der Waals surface area contributed by atoms with Gasteiger partial charge in [-0.05, 0) is 18.2 Å². The average Bonchev–Trinajstić information content (AvgIpc) is 3.16. The Labute approximate surface area is 173 Å². The Hall–Kier alpha value is -3.05. The molecule has 2 aliphatic rings. The van der Waals surface area contributed by atoms with Gasteiger partial charge in [0.25, 0.3) is 11.8 Å². The van der Waals surface area contributed by atoms with Crippen LogP contribution < -0.4 is 15.2 Å². The van der Waals surface area contributed by atoms with Crippen LogP contribution >= 0.6 is 0 Å². The van der Waals surface area contributed by atoms with E-state index >= 15 is 0 Å². The highest BCUT2D eigenvalue weighted by Crippen LogP contribution is 2.31. The highest BCUT2D eigenvalue weighted by Gasteiger charge is 2.36. The maximum absolute atomic E-state index is 12.9. The number of hydrogen-bond donors (Lipinski definition) is 1. The summed E-state index contributed by atoms with van der Waals surface area (Å²) in [5.74, 6) is 0.163. The van der Waals surface area contributed by atoms with E-state index in [0.29, 0.717) is 11.5 Å². The molecule has 10 nitrogen and oxygen atoms in total. The van der Waals surface area contributed by atoms with Crippen molar-refractivity contribution in [2.24, 2.45) is 12.8 Å². The fourth-order valence-electron chi connectivity index (χ4n) is 3.56. The van der Waals surface area contributed by atoms with E-state index in [2.05, 4.69) is 0 Å². The van der Waals surface area contributed by atoms with E-state index in [-0.39, 0.29) is 49.3 Å². The van der Waals surface area contributed by atoms with Crippen molar-refractivity contribution in [1.29, 1.82) is 0 Å². The molecule has 1 fully saturated rings. The van der Waals surface area contributed by atoms with Crippen molar-refractivity contribution in [1.82, 2.24) is 13.8 Å². The first kappa shape index (κ1) is 20.2. The zero-order valence-corrected chi connectivity index (χ0v) is 17.2. The Kier molecular flexibility index (Phi) is 5.16. The van der Waals surface area contributed by atoms with Crippen LogP contribution in [0.2, 0.25) is 0 Å². The molecule has 0 saturated carbocycles. The number of aryl methyl sites for hydroxylation is 1. The Bertz CT molecular complexity index is 1090. The van der Waals surface area contributed by atoms with E-state index in [4.69, 9.17) is 15.2 Å². The molecule has 2 N–H and O–H groups in total. The van der Waals surface area contributed by atoms with E-state index in [1.807, 2.05) is 6.07 Å². The molecule has 0 aliphatic carbocycles. The Balaban J connectivity index is 1.41. The number of carbonyl (C=O) groups excluding carboxylic acids is 2. The van der Waals surface area contributed by atoms with E-state index in [1.54, 1.807) is 30.1 Å². The highest BCUT2D eigenvalue weighted by atomic mass is 32.2. The minimum Gasteiger partial charge on any atom is -0.485 e. The number of ether oxygens (including phenoxy) is 2. The number of benzene rings is 1. The fraction of sp³-hybridized carbons (Fsp3) is 0.368. The normalized spacial score (nSPS) is 19.5. The van der Waals surface area contributed by atoms with Crippen LogP contribution in [-0.2, 0) is 21.9 Å². The third kappa shape index (κ3) is 3.61. The van der Waals surface area contributed by atoms with Gasteiger partial charge in [0.2, 0.25) is 16.1 Å². The lowest BCUT2D eigenvalue weighted by Gasteiger charge is -2.36. The number of nitrogens with two attached hydrogens (primary N) is 1. The second-order valence-corrected chi connectivity index (χ2v) is 9.07. The summed E-state index contributed by atoms with van der Waals surface area (Å²) < 4.78 is 39.8. The molecule has 4 rings (SSSR count). The summed E-state index contributed by atoms with van der Waals surface area (Å²) in [4.78, 5) is 25.8. The number of rotatable bonds is 4. The predicted molar refractivity (Wildman–Crippen MR) is 106 cm³/mol. The van der Waals surface area contributed by atoms with Crippen LogP contribution in [0.1, 0.15) is 10.5 Å². The molecular formula is C19H22N4O6S. The van der Waals surface area contributed by atoms with Gasteiger partial charge in [-0.25, -0.2) is 8.42 Å². The van der Waals surface area contributed by atoms with Gasteiger partial charge in [0.15, 0.2) is 11.5 Å². The minimum atomic E-state index is -3.80. The molecule has 2 aliphatic heterocycles. The molecule has 2 aromatic rings. The third-order valence-corrected chi connectivity index (χ3v) is 7.07. The number of hydrogen-bond acceptors (Lipinski definition) is 6. The maximum atomic E-state index is 12.9. The number of amides is 2. The quantitative estimate of drug-likeness (QED) is 0.711. The summed E-state index contributed by atoms with van der Waals surface area (Å²) in [5, 5.41) is 0. The van der Waals surface area contributed by atoms with Crippen molar-refractivity contribution in [3.8, 4) is 11.5 Å². The number of sulfonamides is 1. The largest absolute Gasteiger partial charge is 0.485 e. The summed E-state index contributed by atoms with van der Waals surface area (Å²) in [6, 6.07) is 8.39. The number of para-hydroxylation sites is 2. The van der Waals surface area contributed by atoms with Gasteiger partial charge < -0.3 is 24.7 Å². The van der Waals surface area contributed by atoms with Gasteiger partial charge in [0.05, 0.1) is 0 Å². The number of carbonyl (C=O) groups is 2. The molecule has 30 heavy (non-hydrogen) atoms. The van der Waals surface area contributed by atoms with Crippen LogP contribution in [0.5, 0.6) is 11.5 Å². The summed E-state index contributed by atoms with van der Waals surface area (Å²) >= 11 is 0. The number of nitrogens with zero attached hydrogens (tertiary/aromatic N) is 3. The van der Waals surface area contributed by atoms with E-state index in [0.717, 1.165) is 0 Å². The topological polar surface area (TPSA) is 124 Å². The molecule has 3 heterocycles. The smallest absolute Gasteiger partial charge is 0.267 e. The van der Waals surface area contributed by atoms with E-state index in [9.17, 15) is 18.0 Å². The Morgan fingerprint density at radius 1 is 1.10 bits per heavy atom. The lowest BCUT2D eigenvalue weighted by molar-refractivity contribution is -0.142. The molecule has 0 spiro atoms. The van der Waals surface area contributed by atoms with E-state index in [1.165, 1.54) is 21.1 Å². The molecule has 0 bridgehead atoms. The maximum Gasteiger partial charge on any atom is 0.267 e.